The molecule has 0 radical (unpaired) electrons. The summed E-state index contributed by atoms with van der Waals surface area (Å²) in [5.41, 5.74) is 6.71. The highest BCUT2D eigenvalue weighted by molar-refractivity contribution is 5.78. The first-order valence-electron chi connectivity index (χ1n) is 7.51. The Bertz CT molecular complexity index is 298. The Hall–Kier alpha value is -0.730. The number of aliphatic imine (C=N–C) groups is 1. The van der Waals surface area contributed by atoms with Gasteiger partial charge in [0.2, 0.25) is 0 Å². The largest absolute Gasteiger partial charge is 0.370 e. The van der Waals surface area contributed by atoms with Gasteiger partial charge in [0, 0.05) is 13.1 Å². The van der Waals surface area contributed by atoms with Crippen LogP contribution in [0.25, 0.3) is 0 Å². The minimum absolute atomic E-state index is 0.0654. The monoisotopic (exact) mass is 251 g/mol. The van der Waals surface area contributed by atoms with Crippen LogP contribution in [-0.2, 0) is 0 Å². The van der Waals surface area contributed by atoms with Gasteiger partial charge in [-0.2, -0.15) is 0 Å². The number of hydrogen-bond acceptors (Lipinski definition) is 1. The maximum Gasteiger partial charge on any atom is 0.191 e. The van der Waals surface area contributed by atoms with E-state index in [-0.39, 0.29) is 5.54 Å². The Morgan fingerprint density at radius 1 is 1.00 bits per heavy atom. The van der Waals surface area contributed by atoms with E-state index in [9.17, 15) is 0 Å². The molecule has 18 heavy (non-hydrogen) atoms. The van der Waals surface area contributed by atoms with E-state index in [1.165, 1.54) is 44.9 Å². The number of nitrogens with zero attached hydrogens (tertiary/aromatic N) is 2. The van der Waals surface area contributed by atoms with Crippen molar-refractivity contribution in [3.05, 3.63) is 0 Å². The van der Waals surface area contributed by atoms with Gasteiger partial charge in [-0.1, -0.05) is 19.3 Å². The van der Waals surface area contributed by atoms with E-state index < -0.39 is 0 Å². The molecule has 1 spiro atoms. The zero-order valence-corrected chi connectivity index (χ0v) is 12.3. The first kappa shape index (κ1) is 13.7. The van der Waals surface area contributed by atoms with Crippen molar-refractivity contribution in [2.45, 2.75) is 71.3 Å². The van der Waals surface area contributed by atoms with Crippen molar-refractivity contribution in [2.75, 3.05) is 13.1 Å². The molecule has 2 rings (SSSR count). The van der Waals surface area contributed by atoms with Crippen molar-refractivity contribution in [1.29, 1.82) is 0 Å². The molecule has 3 heteroatoms. The van der Waals surface area contributed by atoms with E-state index in [0.717, 1.165) is 19.0 Å². The normalized spacial score (nSPS) is 25.5. The Morgan fingerprint density at radius 2 is 1.56 bits per heavy atom. The van der Waals surface area contributed by atoms with Crippen LogP contribution in [0.4, 0.5) is 0 Å². The molecule has 104 valence electrons. The molecule has 0 amide bonds. The molecular formula is C15H29N3. The van der Waals surface area contributed by atoms with Crippen LogP contribution in [-0.4, -0.2) is 29.5 Å². The van der Waals surface area contributed by atoms with Gasteiger partial charge in [-0.15, -0.1) is 0 Å². The summed E-state index contributed by atoms with van der Waals surface area (Å²) >= 11 is 0. The molecule has 0 aromatic rings. The molecule has 0 aromatic heterocycles. The summed E-state index contributed by atoms with van der Waals surface area (Å²) in [5, 5.41) is 0. The van der Waals surface area contributed by atoms with E-state index in [0.29, 0.717) is 5.41 Å². The van der Waals surface area contributed by atoms with Gasteiger partial charge in [0.15, 0.2) is 5.96 Å². The molecule has 0 bridgehead atoms. The first-order valence-corrected chi connectivity index (χ1v) is 7.51. The lowest BCUT2D eigenvalue weighted by Crippen LogP contribution is -2.47. The van der Waals surface area contributed by atoms with Crippen LogP contribution >= 0.6 is 0 Å². The summed E-state index contributed by atoms with van der Waals surface area (Å²) in [6, 6.07) is 0. The first-order chi connectivity index (χ1) is 8.40. The average molecular weight is 251 g/mol. The molecular weight excluding hydrogens is 222 g/mol. The number of rotatable bonds is 0. The fourth-order valence-electron chi connectivity index (χ4n) is 3.43. The Labute approximate surface area is 112 Å². The van der Waals surface area contributed by atoms with Crippen LogP contribution in [0.3, 0.4) is 0 Å². The van der Waals surface area contributed by atoms with E-state index in [2.05, 4.69) is 30.7 Å². The summed E-state index contributed by atoms with van der Waals surface area (Å²) in [6.07, 6.45) is 9.82. The van der Waals surface area contributed by atoms with Crippen LogP contribution in [0, 0.1) is 5.41 Å². The maximum absolute atomic E-state index is 6.13. The summed E-state index contributed by atoms with van der Waals surface area (Å²) < 4.78 is 0. The van der Waals surface area contributed by atoms with Crippen LogP contribution in [0.1, 0.15) is 65.7 Å². The SMILES string of the molecule is CC(C)(C)N=C(N)N1CCC2(CCCCC2)CC1. The minimum Gasteiger partial charge on any atom is -0.370 e. The molecule has 0 aromatic carbocycles. The van der Waals surface area contributed by atoms with Gasteiger partial charge in [0.25, 0.3) is 0 Å². The van der Waals surface area contributed by atoms with Gasteiger partial charge in [0.1, 0.15) is 0 Å². The molecule has 2 N–H and O–H groups in total. The summed E-state index contributed by atoms with van der Waals surface area (Å²) in [5.74, 6) is 0.744. The topological polar surface area (TPSA) is 41.6 Å². The maximum atomic E-state index is 6.13. The molecule has 1 saturated carbocycles. The van der Waals surface area contributed by atoms with Crippen molar-refractivity contribution < 1.29 is 0 Å². The number of guanidine groups is 1. The number of hydrogen-bond donors (Lipinski definition) is 1. The van der Waals surface area contributed by atoms with Crippen LogP contribution < -0.4 is 5.73 Å². The van der Waals surface area contributed by atoms with Gasteiger partial charge in [-0.05, 0) is 51.9 Å². The van der Waals surface area contributed by atoms with Gasteiger partial charge in [-0.25, -0.2) is 4.99 Å². The second kappa shape index (κ2) is 5.10. The van der Waals surface area contributed by atoms with E-state index in [4.69, 9.17) is 5.73 Å². The second-order valence-corrected chi connectivity index (χ2v) is 7.19. The van der Waals surface area contributed by atoms with Crippen LogP contribution in [0.15, 0.2) is 4.99 Å². The Morgan fingerprint density at radius 3 is 2.06 bits per heavy atom. The lowest BCUT2D eigenvalue weighted by molar-refractivity contribution is 0.0970. The van der Waals surface area contributed by atoms with E-state index in [1.807, 2.05) is 0 Å². The van der Waals surface area contributed by atoms with Gasteiger partial charge >= 0.3 is 0 Å². The van der Waals surface area contributed by atoms with Crippen molar-refractivity contribution in [2.24, 2.45) is 16.1 Å². The molecule has 2 fully saturated rings. The van der Waals surface area contributed by atoms with Crippen molar-refractivity contribution in [3.63, 3.8) is 0 Å². The number of likely N-dealkylation sites (tertiary alicyclic amines) is 1. The quantitative estimate of drug-likeness (QED) is 0.531. The lowest BCUT2D eigenvalue weighted by Gasteiger charge is -2.44. The summed E-state index contributed by atoms with van der Waals surface area (Å²) in [7, 11) is 0. The fourth-order valence-corrected chi connectivity index (χ4v) is 3.43. The third kappa shape index (κ3) is 3.39. The molecule has 0 unspecified atom stereocenters. The second-order valence-electron chi connectivity index (χ2n) is 7.19. The highest BCUT2D eigenvalue weighted by Crippen LogP contribution is 2.44. The zero-order chi connectivity index (χ0) is 13.2. The molecule has 1 aliphatic heterocycles. The molecule has 1 aliphatic carbocycles. The number of nitrogens with two attached hydrogens (primary N) is 1. The highest BCUT2D eigenvalue weighted by Gasteiger charge is 2.35. The standard InChI is InChI=1S/C15H29N3/c1-14(2,3)17-13(16)18-11-9-15(10-12-18)7-5-4-6-8-15/h4-12H2,1-3H3,(H2,16,17). The lowest BCUT2D eigenvalue weighted by atomic mass is 9.68. The van der Waals surface area contributed by atoms with E-state index >= 15 is 0 Å². The molecule has 1 heterocycles. The fraction of sp³-hybridized carbons (Fsp3) is 0.933. The third-order valence-electron chi connectivity index (χ3n) is 4.51. The third-order valence-corrected chi connectivity index (χ3v) is 4.51. The highest BCUT2D eigenvalue weighted by atomic mass is 15.3. The minimum atomic E-state index is -0.0654. The smallest absolute Gasteiger partial charge is 0.191 e. The predicted octanol–water partition coefficient (Wildman–Crippen LogP) is 3.15. The zero-order valence-electron chi connectivity index (χ0n) is 12.3. The van der Waals surface area contributed by atoms with Crippen molar-refractivity contribution in [1.82, 2.24) is 4.90 Å². The Kier molecular flexibility index (Phi) is 3.88. The van der Waals surface area contributed by atoms with Gasteiger partial charge in [0.05, 0.1) is 5.54 Å². The van der Waals surface area contributed by atoms with Crippen molar-refractivity contribution in [3.8, 4) is 0 Å². The van der Waals surface area contributed by atoms with Gasteiger partial charge < -0.3 is 10.6 Å². The Balaban J connectivity index is 1.92. The van der Waals surface area contributed by atoms with Crippen LogP contribution in [0.2, 0.25) is 0 Å². The molecule has 1 saturated heterocycles. The van der Waals surface area contributed by atoms with Crippen molar-refractivity contribution >= 4 is 5.96 Å². The van der Waals surface area contributed by atoms with Crippen LogP contribution in [0.5, 0.6) is 0 Å². The number of piperidine rings is 1. The molecule has 0 atom stereocenters. The molecule has 3 nitrogen and oxygen atoms in total. The van der Waals surface area contributed by atoms with Gasteiger partial charge in [-0.3, -0.25) is 0 Å². The summed E-state index contributed by atoms with van der Waals surface area (Å²) in [4.78, 5) is 6.87. The summed E-state index contributed by atoms with van der Waals surface area (Å²) in [6.45, 7) is 8.52. The average Bonchev–Trinajstić information content (AvgIpc) is 2.28. The predicted molar refractivity (Wildman–Crippen MR) is 77.7 cm³/mol. The van der Waals surface area contributed by atoms with E-state index in [1.54, 1.807) is 0 Å². The molecule has 2 aliphatic rings.